The Morgan fingerprint density at radius 3 is 2.62 bits per heavy atom. The molecule has 2 rings (SSSR count). The standard InChI is InChI=1S/C15H19F3N2O/c1-14(2)10-19-7-8-20(13(14)21)9-11-5-3-4-6-12(11)15(16,17)18/h3-6,19H,7-10H2,1-2H3. The van der Waals surface area contributed by atoms with Crippen LogP contribution in [0.4, 0.5) is 13.2 Å². The SMILES string of the molecule is CC1(C)CNCCN(Cc2ccccc2C(F)(F)F)C1=O. The van der Waals surface area contributed by atoms with E-state index in [9.17, 15) is 18.0 Å². The van der Waals surface area contributed by atoms with Crippen LogP contribution in [0, 0.1) is 5.41 Å². The van der Waals surface area contributed by atoms with Crippen LogP contribution in [0.25, 0.3) is 0 Å². The summed E-state index contributed by atoms with van der Waals surface area (Å²) in [6.07, 6.45) is -4.40. The largest absolute Gasteiger partial charge is 0.416 e. The van der Waals surface area contributed by atoms with Crippen molar-refractivity contribution in [2.75, 3.05) is 19.6 Å². The van der Waals surface area contributed by atoms with Crippen molar-refractivity contribution in [1.29, 1.82) is 0 Å². The zero-order chi connectivity index (χ0) is 15.7. The summed E-state index contributed by atoms with van der Waals surface area (Å²) in [4.78, 5) is 13.9. The quantitative estimate of drug-likeness (QED) is 0.911. The van der Waals surface area contributed by atoms with Gasteiger partial charge in [0, 0.05) is 26.2 Å². The molecule has 21 heavy (non-hydrogen) atoms. The predicted octanol–water partition coefficient (Wildman–Crippen LogP) is 2.66. The van der Waals surface area contributed by atoms with Gasteiger partial charge in [-0.05, 0) is 25.5 Å². The number of carbonyl (C=O) groups is 1. The molecule has 3 nitrogen and oxygen atoms in total. The van der Waals surface area contributed by atoms with Gasteiger partial charge >= 0.3 is 6.18 Å². The smallest absolute Gasteiger partial charge is 0.337 e. The number of benzene rings is 1. The fraction of sp³-hybridized carbons (Fsp3) is 0.533. The second-order valence-corrected chi connectivity index (χ2v) is 5.94. The monoisotopic (exact) mass is 300 g/mol. The number of halogens is 3. The molecular formula is C15H19F3N2O. The van der Waals surface area contributed by atoms with E-state index in [-0.39, 0.29) is 18.0 Å². The van der Waals surface area contributed by atoms with Crippen molar-refractivity contribution < 1.29 is 18.0 Å². The lowest BCUT2D eigenvalue weighted by atomic mass is 9.91. The van der Waals surface area contributed by atoms with Gasteiger partial charge in [0.15, 0.2) is 0 Å². The van der Waals surface area contributed by atoms with Crippen LogP contribution in [0.2, 0.25) is 0 Å². The Morgan fingerprint density at radius 1 is 1.29 bits per heavy atom. The van der Waals surface area contributed by atoms with E-state index in [1.807, 2.05) is 0 Å². The van der Waals surface area contributed by atoms with Gasteiger partial charge in [-0.1, -0.05) is 18.2 Å². The highest BCUT2D eigenvalue weighted by Crippen LogP contribution is 2.33. The maximum absolute atomic E-state index is 13.0. The maximum atomic E-state index is 13.0. The Labute approximate surface area is 122 Å². The van der Waals surface area contributed by atoms with Crippen molar-refractivity contribution in [1.82, 2.24) is 10.2 Å². The van der Waals surface area contributed by atoms with Crippen LogP contribution in [0.1, 0.15) is 25.0 Å². The van der Waals surface area contributed by atoms with Crippen LogP contribution in [0.3, 0.4) is 0 Å². The Hall–Kier alpha value is -1.56. The van der Waals surface area contributed by atoms with Gasteiger partial charge in [-0.15, -0.1) is 0 Å². The normalized spacial score (nSPS) is 19.5. The molecule has 0 unspecified atom stereocenters. The molecule has 0 radical (unpaired) electrons. The summed E-state index contributed by atoms with van der Waals surface area (Å²) in [6, 6.07) is 5.42. The highest BCUT2D eigenvalue weighted by molar-refractivity contribution is 5.82. The maximum Gasteiger partial charge on any atom is 0.416 e. The van der Waals surface area contributed by atoms with Gasteiger partial charge in [0.25, 0.3) is 0 Å². The minimum absolute atomic E-state index is 0.0143. The summed E-state index contributed by atoms with van der Waals surface area (Å²) in [6.45, 7) is 5.12. The molecule has 0 aromatic heterocycles. The van der Waals surface area contributed by atoms with Gasteiger partial charge in [0.1, 0.15) is 0 Å². The molecule has 116 valence electrons. The molecule has 0 atom stereocenters. The summed E-state index contributed by atoms with van der Waals surface area (Å²) >= 11 is 0. The lowest BCUT2D eigenvalue weighted by Crippen LogP contribution is -2.41. The first-order valence-corrected chi connectivity index (χ1v) is 6.87. The third-order valence-corrected chi connectivity index (χ3v) is 3.68. The number of alkyl halides is 3. The first-order chi connectivity index (χ1) is 9.72. The second-order valence-electron chi connectivity index (χ2n) is 5.94. The van der Waals surface area contributed by atoms with Crippen molar-refractivity contribution in [2.45, 2.75) is 26.6 Å². The topological polar surface area (TPSA) is 32.3 Å². The fourth-order valence-electron chi connectivity index (χ4n) is 2.51. The van der Waals surface area contributed by atoms with E-state index in [1.54, 1.807) is 19.9 Å². The zero-order valence-electron chi connectivity index (χ0n) is 12.1. The van der Waals surface area contributed by atoms with E-state index in [2.05, 4.69) is 5.32 Å². The van der Waals surface area contributed by atoms with Crippen LogP contribution in [-0.2, 0) is 17.5 Å². The number of carbonyl (C=O) groups excluding carboxylic acids is 1. The summed E-state index contributed by atoms with van der Waals surface area (Å²) in [5.74, 6) is -0.121. The number of nitrogens with one attached hydrogen (secondary N) is 1. The molecule has 1 aliphatic rings. The molecule has 0 spiro atoms. The number of hydrogen-bond donors (Lipinski definition) is 1. The summed E-state index contributed by atoms with van der Waals surface area (Å²) in [7, 11) is 0. The molecule has 0 aliphatic carbocycles. The number of amides is 1. The Kier molecular flexibility index (Phi) is 4.27. The molecule has 1 aromatic carbocycles. The molecule has 6 heteroatoms. The summed E-state index contributed by atoms with van der Waals surface area (Å²) < 4.78 is 39.0. The van der Waals surface area contributed by atoms with E-state index >= 15 is 0 Å². The minimum atomic E-state index is -4.40. The van der Waals surface area contributed by atoms with Crippen LogP contribution in [0.15, 0.2) is 24.3 Å². The molecule has 1 aromatic rings. The number of hydrogen-bond acceptors (Lipinski definition) is 2. The molecule has 1 saturated heterocycles. The van der Waals surface area contributed by atoms with Crippen LogP contribution in [-0.4, -0.2) is 30.4 Å². The van der Waals surface area contributed by atoms with E-state index in [0.717, 1.165) is 6.07 Å². The molecule has 0 bridgehead atoms. The van der Waals surface area contributed by atoms with Crippen LogP contribution >= 0.6 is 0 Å². The van der Waals surface area contributed by atoms with Crippen molar-refractivity contribution in [3.05, 3.63) is 35.4 Å². The third kappa shape index (κ3) is 3.56. The molecule has 1 aliphatic heterocycles. The molecule has 1 N–H and O–H groups in total. The molecule has 1 amide bonds. The summed E-state index contributed by atoms with van der Waals surface area (Å²) in [5, 5.41) is 3.14. The highest BCUT2D eigenvalue weighted by atomic mass is 19.4. The first kappa shape index (κ1) is 15.8. The fourth-order valence-corrected chi connectivity index (χ4v) is 2.51. The lowest BCUT2D eigenvalue weighted by Gasteiger charge is -2.29. The van der Waals surface area contributed by atoms with Gasteiger partial charge in [0.05, 0.1) is 11.0 Å². The van der Waals surface area contributed by atoms with Gasteiger partial charge < -0.3 is 10.2 Å². The molecule has 0 saturated carbocycles. The van der Waals surface area contributed by atoms with Crippen molar-refractivity contribution >= 4 is 5.91 Å². The third-order valence-electron chi connectivity index (χ3n) is 3.68. The highest BCUT2D eigenvalue weighted by Gasteiger charge is 2.36. The minimum Gasteiger partial charge on any atom is -0.337 e. The number of nitrogens with zero attached hydrogens (tertiary/aromatic N) is 1. The van der Waals surface area contributed by atoms with Crippen LogP contribution < -0.4 is 5.32 Å². The van der Waals surface area contributed by atoms with Gasteiger partial charge in [-0.2, -0.15) is 13.2 Å². The predicted molar refractivity (Wildman–Crippen MR) is 73.5 cm³/mol. The van der Waals surface area contributed by atoms with Crippen molar-refractivity contribution in [2.24, 2.45) is 5.41 Å². The van der Waals surface area contributed by atoms with E-state index in [1.165, 1.54) is 17.0 Å². The second kappa shape index (κ2) is 5.67. The average Bonchev–Trinajstić information content (AvgIpc) is 2.51. The van der Waals surface area contributed by atoms with E-state index in [0.29, 0.717) is 19.6 Å². The molecule has 1 heterocycles. The summed E-state index contributed by atoms with van der Waals surface area (Å²) in [5.41, 5.74) is -1.15. The zero-order valence-corrected chi connectivity index (χ0v) is 12.1. The first-order valence-electron chi connectivity index (χ1n) is 6.87. The van der Waals surface area contributed by atoms with Crippen molar-refractivity contribution in [3.8, 4) is 0 Å². The van der Waals surface area contributed by atoms with E-state index < -0.39 is 17.2 Å². The van der Waals surface area contributed by atoms with Gasteiger partial charge in [-0.25, -0.2) is 0 Å². The average molecular weight is 300 g/mol. The molecule has 1 fully saturated rings. The lowest BCUT2D eigenvalue weighted by molar-refractivity contribution is -0.142. The van der Waals surface area contributed by atoms with Crippen LogP contribution in [0.5, 0.6) is 0 Å². The Balaban J connectivity index is 2.27. The van der Waals surface area contributed by atoms with Gasteiger partial charge in [-0.3, -0.25) is 4.79 Å². The van der Waals surface area contributed by atoms with E-state index in [4.69, 9.17) is 0 Å². The van der Waals surface area contributed by atoms with Gasteiger partial charge in [0.2, 0.25) is 5.91 Å². The Morgan fingerprint density at radius 2 is 1.95 bits per heavy atom. The van der Waals surface area contributed by atoms with Crippen molar-refractivity contribution in [3.63, 3.8) is 0 Å². The Bertz CT molecular complexity index is 526. The molecular weight excluding hydrogens is 281 g/mol. The number of rotatable bonds is 2.